The number of carboxylic acid groups (broad SMARTS) is 1. The minimum Gasteiger partial charge on any atom is -0.493 e. The summed E-state index contributed by atoms with van der Waals surface area (Å²) in [4.78, 5) is 10.5. The number of carbonyl (C=O) groups is 1. The zero-order chi connectivity index (χ0) is 20.6. The van der Waals surface area contributed by atoms with E-state index in [0.717, 1.165) is 12.1 Å². The van der Waals surface area contributed by atoms with Crippen LogP contribution in [0.25, 0.3) is 6.08 Å². The number of carboxylic acids is 1. The molecule has 0 aliphatic heterocycles. The second-order valence-corrected chi connectivity index (χ2v) is 5.85. The van der Waals surface area contributed by atoms with E-state index in [4.69, 9.17) is 14.6 Å². The van der Waals surface area contributed by atoms with Crippen molar-refractivity contribution in [2.75, 3.05) is 6.61 Å². The molecule has 0 saturated carbocycles. The maximum absolute atomic E-state index is 14.1. The number of rotatable bonds is 9. The topological polar surface area (TPSA) is 55.8 Å². The van der Waals surface area contributed by atoms with Crippen LogP contribution in [-0.4, -0.2) is 23.9 Å². The molecule has 2 aromatic rings. The Balaban J connectivity index is 1.85. The molecule has 0 unspecified atom stereocenters. The molecule has 0 aromatic heterocycles. The van der Waals surface area contributed by atoms with Crippen molar-refractivity contribution < 1.29 is 36.9 Å². The summed E-state index contributed by atoms with van der Waals surface area (Å²) in [6.07, 6.45) is -2.95. The van der Waals surface area contributed by atoms with E-state index in [0.29, 0.717) is 11.3 Å². The first-order valence-corrected chi connectivity index (χ1v) is 8.35. The van der Waals surface area contributed by atoms with Gasteiger partial charge in [-0.05, 0) is 42.3 Å². The van der Waals surface area contributed by atoms with Gasteiger partial charge in [-0.15, -0.1) is 0 Å². The van der Waals surface area contributed by atoms with E-state index in [1.807, 2.05) is 0 Å². The third-order valence-corrected chi connectivity index (χ3v) is 3.59. The van der Waals surface area contributed by atoms with E-state index in [2.05, 4.69) is 0 Å². The highest BCUT2D eigenvalue weighted by Gasteiger charge is 2.26. The van der Waals surface area contributed by atoms with Crippen LogP contribution >= 0.6 is 0 Å². The Labute approximate surface area is 159 Å². The van der Waals surface area contributed by atoms with E-state index in [1.54, 1.807) is 24.3 Å². The van der Waals surface area contributed by atoms with Crippen molar-refractivity contribution in [3.63, 3.8) is 0 Å². The van der Waals surface area contributed by atoms with Crippen LogP contribution in [0, 0.1) is 5.82 Å². The zero-order valence-electron chi connectivity index (χ0n) is 14.7. The number of benzene rings is 2. The summed E-state index contributed by atoms with van der Waals surface area (Å²) in [5.41, 5.74) is 0.936. The standard InChI is InChI=1S/C20H18F4O4/c21-18-12-17(27-11-1-10-20(22,23)24)8-5-15(18)13-28-16-6-2-14(3-7-16)4-9-19(25)26/h2-9,12H,1,10-11,13H2,(H,25,26)/b9-4+. The molecule has 0 saturated heterocycles. The number of aliphatic carboxylic acids is 1. The fourth-order valence-electron chi connectivity index (χ4n) is 2.20. The third-order valence-electron chi connectivity index (χ3n) is 3.59. The Bertz CT molecular complexity index is 814. The molecule has 0 spiro atoms. The van der Waals surface area contributed by atoms with Crippen molar-refractivity contribution >= 4 is 12.0 Å². The molecule has 2 aromatic carbocycles. The maximum atomic E-state index is 14.1. The molecule has 0 bridgehead atoms. The summed E-state index contributed by atoms with van der Waals surface area (Å²) >= 11 is 0. The largest absolute Gasteiger partial charge is 0.493 e. The molecule has 2 rings (SSSR count). The molecule has 8 heteroatoms. The highest BCUT2D eigenvalue weighted by Crippen LogP contribution is 2.23. The van der Waals surface area contributed by atoms with E-state index < -0.39 is 24.4 Å². The molecule has 1 N–H and O–H groups in total. The second-order valence-electron chi connectivity index (χ2n) is 5.85. The van der Waals surface area contributed by atoms with Gasteiger partial charge < -0.3 is 14.6 Å². The quantitative estimate of drug-likeness (QED) is 0.357. The van der Waals surface area contributed by atoms with Gasteiger partial charge >= 0.3 is 12.1 Å². The molecule has 0 radical (unpaired) electrons. The maximum Gasteiger partial charge on any atom is 0.389 e. The van der Waals surface area contributed by atoms with Crippen molar-refractivity contribution in [1.29, 1.82) is 0 Å². The van der Waals surface area contributed by atoms with Gasteiger partial charge in [0, 0.05) is 24.1 Å². The van der Waals surface area contributed by atoms with Crippen molar-refractivity contribution in [2.24, 2.45) is 0 Å². The predicted molar refractivity (Wildman–Crippen MR) is 94.6 cm³/mol. The van der Waals surface area contributed by atoms with Crippen molar-refractivity contribution in [2.45, 2.75) is 25.6 Å². The van der Waals surface area contributed by atoms with E-state index in [9.17, 15) is 22.4 Å². The minimum absolute atomic E-state index is 0.0511. The van der Waals surface area contributed by atoms with Gasteiger partial charge in [0.05, 0.1) is 6.61 Å². The molecule has 0 aliphatic rings. The van der Waals surface area contributed by atoms with Crippen LogP contribution in [0.1, 0.15) is 24.0 Å². The summed E-state index contributed by atoms with van der Waals surface area (Å²) in [6, 6.07) is 10.6. The smallest absolute Gasteiger partial charge is 0.389 e. The molecule has 0 aliphatic carbocycles. The molecule has 0 amide bonds. The lowest BCUT2D eigenvalue weighted by atomic mass is 10.2. The molecule has 4 nitrogen and oxygen atoms in total. The fourth-order valence-corrected chi connectivity index (χ4v) is 2.20. The van der Waals surface area contributed by atoms with E-state index >= 15 is 0 Å². The van der Waals surface area contributed by atoms with Gasteiger partial charge in [-0.1, -0.05) is 12.1 Å². The van der Waals surface area contributed by atoms with Crippen molar-refractivity contribution in [1.82, 2.24) is 0 Å². The zero-order valence-corrected chi connectivity index (χ0v) is 14.7. The summed E-state index contributed by atoms with van der Waals surface area (Å²) in [5.74, 6) is -1.02. The average Bonchev–Trinajstić information content (AvgIpc) is 2.63. The molecule has 150 valence electrons. The highest BCUT2D eigenvalue weighted by molar-refractivity contribution is 5.85. The average molecular weight is 398 g/mol. The van der Waals surface area contributed by atoms with Gasteiger partial charge in [-0.2, -0.15) is 13.2 Å². The van der Waals surface area contributed by atoms with Crippen LogP contribution in [0.4, 0.5) is 17.6 Å². The van der Waals surface area contributed by atoms with Crippen LogP contribution in [-0.2, 0) is 11.4 Å². The summed E-state index contributed by atoms with van der Waals surface area (Å²) < 4.78 is 60.9. The first kappa shape index (κ1) is 21.3. The SMILES string of the molecule is O=C(O)/C=C/c1ccc(OCc2ccc(OCCCC(F)(F)F)cc2F)cc1. The summed E-state index contributed by atoms with van der Waals surface area (Å²) in [6.45, 7) is -0.206. The number of hydrogen-bond donors (Lipinski definition) is 1. The fraction of sp³-hybridized carbons (Fsp3) is 0.250. The Morgan fingerprint density at radius 2 is 1.71 bits per heavy atom. The Morgan fingerprint density at radius 3 is 2.32 bits per heavy atom. The Morgan fingerprint density at radius 1 is 1.04 bits per heavy atom. The first-order valence-electron chi connectivity index (χ1n) is 8.35. The second kappa shape index (κ2) is 9.77. The normalized spacial score (nSPS) is 11.6. The molecule has 0 fully saturated rings. The Kier molecular flexibility index (Phi) is 7.43. The molecular formula is C20H18F4O4. The lowest BCUT2D eigenvalue weighted by molar-refractivity contribution is -0.136. The van der Waals surface area contributed by atoms with E-state index in [-0.39, 0.29) is 30.9 Å². The predicted octanol–water partition coefficient (Wildman–Crippen LogP) is 5.22. The van der Waals surface area contributed by atoms with Gasteiger partial charge in [0.15, 0.2) is 0 Å². The van der Waals surface area contributed by atoms with Gasteiger partial charge in [0.1, 0.15) is 23.9 Å². The monoisotopic (exact) mass is 398 g/mol. The summed E-state index contributed by atoms with van der Waals surface area (Å²) in [5, 5.41) is 8.58. The molecule has 0 atom stereocenters. The van der Waals surface area contributed by atoms with E-state index in [1.165, 1.54) is 18.2 Å². The van der Waals surface area contributed by atoms with Gasteiger partial charge in [0.2, 0.25) is 0 Å². The van der Waals surface area contributed by atoms with Gasteiger partial charge in [-0.25, -0.2) is 9.18 Å². The van der Waals surface area contributed by atoms with Crippen molar-refractivity contribution in [3.8, 4) is 11.5 Å². The number of halogens is 4. The number of alkyl halides is 3. The first-order chi connectivity index (χ1) is 13.2. The molecular weight excluding hydrogens is 380 g/mol. The molecule has 28 heavy (non-hydrogen) atoms. The molecule has 0 heterocycles. The van der Waals surface area contributed by atoms with Crippen molar-refractivity contribution in [3.05, 3.63) is 65.5 Å². The number of ether oxygens (including phenoxy) is 2. The summed E-state index contributed by atoms with van der Waals surface area (Å²) in [7, 11) is 0. The number of hydrogen-bond acceptors (Lipinski definition) is 3. The van der Waals surface area contributed by atoms with Gasteiger partial charge in [-0.3, -0.25) is 0 Å². The highest BCUT2D eigenvalue weighted by atomic mass is 19.4. The lowest BCUT2D eigenvalue weighted by Crippen LogP contribution is -2.09. The Hall–Kier alpha value is -3.03. The van der Waals surface area contributed by atoms with Crippen LogP contribution in [0.3, 0.4) is 0 Å². The third kappa shape index (κ3) is 7.69. The van der Waals surface area contributed by atoms with Crippen LogP contribution in [0.5, 0.6) is 11.5 Å². The lowest BCUT2D eigenvalue weighted by Gasteiger charge is -2.11. The minimum atomic E-state index is -4.24. The van der Waals surface area contributed by atoms with Crippen LogP contribution in [0.2, 0.25) is 0 Å². The van der Waals surface area contributed by atoms with Gasteiger partial charge in [0.25, 0.3) is 0 Å². The van der Waals surface area contributed by atoms with Crippen LogP contribution in [0.15, 0.2) is 48.5 Å². The van der Waals surface area contributed by atoms with Crippen LogP contribution < -0.4 is 9.47 Å².